The van der Waals surface area contributed by atoms with E-state index in [0.29, 0.717) is 6.42 Å². The fourth-order valence-electron chi connectivity index (χ4n) is 0.812. The molecule has 0 spiro atoms. The Morgan fingerprint density at radius 2 is 1.65 bits per heavy atom. The van der Waals surface area contributed by atoms with E-state index >= 15 is 0 Å². The van der Waals surface area contributed by atoms with Gasteiger partial charge in [-0.2, -0.15) is 0 Å². The first-order valence-electron chi connectivity index (χ1n) is 5.30. The highest BCUT2D eigenvalue weighted by atomic mass is 16.5. The molecule has 0 bridgehead atoms. The van der Waals surface area contributed by atoms with Gasteiger partial charge in [-0.25, -0.2) is 9.59 Å². The van der Waals surface area contributed by atoms with Gasteiger partial charge in [0.25, 0.3) is 0 Å². The van der Waals surface area contributed by atoms with E-state index in [4.69, 9.17) is 9.84 Å². The van der Waals surface area contributed by atoms with Crippen LogP contribution in [0.25, 0.3) is 0 Å². The molecule has 1 unspecified atom stereocenters. The SMILES string of the molecule is C=C(C(=C)C(=O)OCC(C)O)C(=O)OCCC. The Morgan fingerprint density at radius 1 is 1.18 bits per heavy atom. The maximum Gasteiger partial charge on any atom is 0.338 e. The van der Waals surface area contributed by atoms with E-state index in [1.807, 2.05) is 6.92 Å². The van der Waals surface area contributed by atoms with Gasteiger partial charge in [-0.3, -0.25) is 0 Å². The zero-order chi connectivity index (χ0) is 13.4. The zero-order valence-electron chi connectivity index (χ0n) is 10.2. The van der Waals surface area contributed by atoms with Crippen molar-refractivity contribution in [1.29, 1.82) is 0 Å². The molecule has 96 valence electrons. The first-order chi connectivity index (χ1) is 7.90. The van der Waals surface area contributed by atoms with E-state index in [0.717, 1.165) is 0 Å². The summed E-state index contributed by atoms with van der Waals surface area (Å²) < 4.78 is 9.48. The summed E-state index contributed by atoms with van der Waals surface area (Å²) in [5.41, 5.74) is -0.291. The molecule has 0 aliphatic rings. The molecule has 0 amide bonds. The number of carbonyl (C=O) groups excluding carboxylic acids is 2. The van der Waals surface area contributed by atoms with Crippen molar-refractivity contribution in [3.63, 3.8) is 0 Å². The lowest BCUT2D eigenvalue weighted by Crippen LogP contribution is -2.19. The molecule has 1 atom stereocenters. The molecule has 0 aromatic rings. The molecule has 0 aliphatic heterocycles. The average Bonchev–Trinajstić information content (AvgIpc) is 2.30. The zero-order valence-corrected chi connectivity index (χ0v) is 10.2. The molecule has 0 fully saturated rings. The van der Waals surface area contributed by atoms with Gasteiger partial charge in [0.05, 0.1) is 23.9 Å². The van der Waals surface area contributed by atoms with Crippen molar-refractivity contribution in [2.24, 2.45) is 0 Å². The van der Waals surface area contributed by atoms with Gasteiger partial charge in [-0.1, -0.05) is 20.1 Å². The van der Waals surface area contributed by atoms with Gasteiger partial charge in [-0.05, 0) is 13.3 Å². The first kappa shape index (κ1) is 15.4. The van der Waals surface area contributed by atoms with Crippen LogP contribution in [-0.2, 0) is 19.1 Å². The molecule has 0 saturated heterocycles. The molecule has 0 aliphatic carbocycles. The third-order valence-corrected chi connectivity index (χ3v) is 1.75. The third kappa shape index (κ3) is 5.87. The van der Waals surface area contributed by atoms with E-state index in [1.54, 1.807) is 0 Å². The van der Waals surface area contributed by atoms with Crippen molar-refractivity contribution >= 4 is 11.9 Å². The van der Waals surface area contributed by atoms with Crippen LogP contribution in [0.3, 0.4) is 0 Å². The van der Waals surface area contributed by atoms with Gasteiger partial charge < -0.3 is 14.6 Å². The summed E-state index contributed by atoms with van der Waals surface area (Å²) in [4.78, 5) is 22.7. The molecule has 0 aromatic carbocycles. The second-order valence-corrected chi connectivity index (χ2v) is 3.54. The van der Waals surface area contributed by atoms with E-state index < -0.39 is 18.0 Å². The lowest BCUT2D eigenvalue weighted by Gasteiger charge is -2.10. The smallest absolute Gasteiger partial charge is 0.338 e. The van der Waals surface area contributed by atoms with Crippen molar-refractivity contribution in [1.82, 2.24) is 0 Å². The van der Waals surface area contributed by atoms with E-state index in [1.165, 1.54) is 6.92 Å². The average molecular weight is 242 g/mol. The number of ether oxygens (including phenoxy) is 2. The van der Waals surface area contributed by atoms with Gasteiger partial charge in [0.2, 0.25) is 0 Å². The van der Waals surface area contributed by atoms with Crippen LogP contribution in [0.4, 0.5) is 0 Å². The molecule has 0 aromatic heterocycles. The standard InChI is InChI=1S/C12H18O5/c1-5-6-16-11(14)9(3)10(4)12(15)17-7-8(2)13/h8,13H,3-7H2,1-2H3. The fourth-order valence-corrected chi connectivity index (χ4v) is 0.812. The highest BCUT2D eigenvalue weighted by molar-refractivity contribution is 6.06. The van der Waals surface area contributed by atoms with Gasteiger partial charge in [0.15, 0.2) is 0 Å². The topological polar surface area (TPSA) is 72.8 Å². The summed E-state index contributed by atoms with van der Waals surface area (Å²) in [7, 11) is 0. The summed E-state index contributed by atoms with van der Waals surface area (Å²) in [5, 5.41) is 8.93. The third-order valence-electron chi connectivity index (χ3n) is 1.75. The second kappa shape index (κ2) is 7.62. The van der Waals surface area contributed by atoms with Crippen molar-refractivity contribution < 1.29 is 24.2 Å². The van der Waals surface area contributed by atoms with Gasteiger partial charge in [-0.15, -0.1) is 0 Å². The van der Waals surface area contributed by atoms with Crippen LogP contribution in [0.15, 0.2) is 24.3 Å². The summed E-state index contributed by atoms with van der Waals surface area (Å²) in [6.07, 6.45) is -0.0927. The van der Waals surface area contributed by atoms with Crippen LogP contribution in [-0.4, -0.2) is 36.4 Å². The fraction of sp³-hybridized carbons (Fsp3) is 0.500. The number of aliphatic hydroxyl groups is 1. The molecule has 5 heteroatoms. The molecule has 1 N–H and O–H groups in total. The Hall–Kier alpha value is -1.62. The highest BCUT2D eigenvalue weighted by Gasteiger charge is 2.19. The summed E-state index contributed by atoms with van der Waals surface area (Å²) in [6, 6.07) is 0. The molecular formula is C12H18O5. The van der Waals surface area contributed by atoms with Crippen molar-refractivity contribution in [3.8, 4) is 0 Å². The van der Waals surface area contributed by atoms with Crippen molar-refractivity contribution in [3.05, 3.63) is 24.3 Å². The Kier molecular flexibility index (Phi) is 6.89. The Balaban J connectivity index is 4.25. The summed E-state index contributed by atoms with van der Waals surface area (Å²) in [5.74, 6) is -1.48. The number of rotatable bonds is 7. The molecular weight excluding hydrogens is 224 g/mol. The largest absolute Gasteiger partial charge is 0.462 e. The Morgan fingerprint density at radius 3 is 2.06 bits per heavy atom. The number of esters is 2. The molecule has 0 rings (SSSR count). The minimum absolute atomic E-state index is 0.131. The lowest BCUT2D eigenvalue weighted by atomic mass is 10.1. The van der Waals surface area contributed by atoms with Crippen LogP contribution in [0.1, 0.15) is 20.3 Å². The predicted molar refractivity (Wildman–Crippen MR) is 62.2 cm³/mol. The minimum Gasteiger partial charge on any atom is -0.462 e. The van der Waals surface area contributed by atoms with Crippen LogP contribution in [0, 0.1) is 0 Å². The van der Waals surface area contributed by atoms with Gasteiger partial charge in [0, 0.05) is 0 Å². The van der Waals surface area contributed by atoms with E-state index in [9.17, 15) is 9.59 Å². The Bertz CT molecular complexity index is 317. The van der Waals surface area contributed by atoms with Crippen LogP contribution < -0.4 is 0 Å². The van der Waals surface area contributed by atoms with Crippen molar-refractivity contribution in [2.45, 2.75) is 26.4 Å². The van der Waals surface area contributed by atoms with Crippen LogP contribution in [0.5, 0.6) is 0 Å². The number of hydrogen-bond acceptors (Lipinski definition) is 5. The number of hydrogen-bond donors (Lipinski definition) is 1. The second-order valence-electron chi connectivity index (χ2n) is 3.54. The molecule has 0 radical (unpaired) electrons. The Labute approximate surface area is 101 Å². The molecule has 17 heavy (non-hydrogen) atoms. The number of carbonyl (C=O) groups is 2. The number of aliphatic hydroxyl groups excluding tert-OH is 1. The van der Waals surface area contributed by atoms with Crippen molar-refractivity contribution in [2.75, 3.05) is 13.2 Å². The maximum atomic E-state index is 11.4. The minimum atomic E-state index is -0.788. The summed E-state index contributed by atoms with van der Waals surface area (Å²) in [6.45, 7) is 10.2. The highest BCUT2D eigenvalue weighted by Crippen LogP contribution is 2.10. The predicted octanol–water partition coefficient (Wildman–Crippen LogP) is 0.976. The normalized spacial score (nSPS) is 11.5. The molecule has 0 heterocycles. The maximum absolute atomic E-state index is 11.4. The van der Waals surface area contributed by atoms with E-state index in [-0.39, 0.29) is 24.4 Å². The van der Waals surface area contributed by atoms with Gasteiger partial charge in [0.1, 0.15) is 6.61 Å². The molecule has 5 nitrogen and oxygen atoms in total. The lowest BCUT2D eigenvalue weighted by molar-refractivity contribution is -0.144. The van der Waals surface area contributed by atoms with Crippen LogP contribution in [0.2, 0.25) is 0 Å². The van der Waals surface area contributed by atoms with E-state index in [2.05, 4.69) is 17.9 Å². The molecule has 0 saturated carbocycles. The quantitative estimate of drug-likeness (QED) is 0.409. The van der Waals surface area contributed by atoms with Crippen LogP contribution >= 0.6 is 0 Å². The monoisotopic (exact) mass is 242 g/mol. The summed E-state index contributed by atoms with van der Waals surface area (Å²) >= 11 is 0. The van der Waals surface area contributed by atoms with Gasteiger partial charge >= 0.3 is 11.9 Å². The first-order valence-corrected chi connectivity index (χ1v) is 5.30.